The van der Waals surface area contributed by atoms with Crippen LogP contribution in [0.5, 0.6) is 0 Å². The zero-order valence-corrected chi connectivity index (χ0v) is 18.5. The maximum absolute atomic E-state index is 13.5. The molecular formula is C24H30N4O3. The second-order valence-corrected chi connectivity index (χ2v) is 8.80. The molecule has 0 radical (unpaired) electrons. The third-order valence-electron chi connectivity index (χ3n) is 6.63. The molecule has 1 aromatic carbocycles. The number of H-pyrrole nitrogens is 1. The lowest BCUT2D eigenvalue weighted by molar-refractivity contribution is 0.0312. The number of hydrogen-bond donors (Lipinski definition) is 1. The van der Waals surface area contributed by atoms with Crippen molar-refractivity contribution in [3.05, 3.63) is 52.2 Å². The monoisotopic (exact) mass is 422 g/mol. The number of carbonyl (C=O) groups is 1. The van der Waals surface area contributed by atoms with Crippen LogP contribution in [0.2, 0.25) is 0 Å². The molecule has 3 aromatic rings. The normalized spacial score (nSPS) is 20.1. The van der Waals surface area contributed by atoms with Crippen molar-refractivity contribution in [1.82, 2.24) is 19.8 Å². The van der Waals surface area contributed by atoms with Gasteiger partial charge in [-0.2, -0.15) is 0 Å². The standard InChI is InChI=1S/C24H30N4O3/c1-15-11-20-21(12-16(15)2)26-23(25-20)22-5-4-6-28(22)24(29)19-13-18(31-17(19)3)14-27-7-9-30-10-8-27/h11-13,22H,4-10,14H2,1-3H3,(H,25,26). The van der Waals surface area contributed by atoms with Crippen molar-refractivity contribution in [2.24, 2.45) is 0 Å². The number of furan rings is 1. The Morgan fingerprint density at radius 2 is 1.90 bits per heavy atom. The molecule has 1 atom stereocenters. The first kappa shape index (κ1) is 20.3. The number of aryl methyl sites for hydroxylation is 3. The van der Waals surface area contributed by atoms with Crippen molar-refractivity contribution < 1.29 is 13.9 Å². The number of ether oxygens (including phenoxy) is 1. The molecule has 2 aliphatic rings. The molecule has 5 rings (SSSR count). The first-order valence-corrected chi connectivity index (χ1v) is 11.2. The van der Waals surface area contributed by atoms with Crippen LogP contribution in [0.25, 0.3) is 11.0 Å². The first-order chi connectivity index (χ1) is 15.0. The van der Waals surface area contributed by atoms with Crippen LogP contribution in [0.3, 0.4) is 0 Å². The Hall–Kier alpha value is -2.64. The summed E-state index contributed by atoms with van der Waals surface area (Å²) in [6.07, 6.45) is 1.89. The number of aromatic nitrogens is 2. The van der Waals surface area contributed by atoms with Crippen LogP contribution in [-0.4, -0.2) is 58.5 Å². The van der Waals surface area contributed by atoms with Crippen molar-refractivity contribution in [3.8, 4) is 0 Å². The molecule has 31 heavy (non-hydrogen) atoms. The van der Waals surface area contributed by atoms with Gasteiger partial charge >= 0.3 is 0 Å². The Kier molecular flexibility index (Phi) is 5.32. The van der Waals surface area contributed by atoms with E-state index >= 15 is 0 Å². The number of morpholine rings is 1. The van der Waals surface area contributed by atoms with Gasteiger partial charge in [-0.1, -0.05) is 0 Å². The molecule has 2 aromatic heterocycles. The average Bonchev–Trinajstić information content (AvgIpc) is 3.47. The predicted octanol–water partition coefficient (Wildman–Crippen LogP) is 3.89. The van der Waals surface area contributed by atoms with Gasteiger partial charge in [0, 0.05) is 19.6 Å². The molecule has 0 bridgehead atoms. The Bertz CT molecular complexity index is 1070. The number of imidazole rings is 1. The number of likely N-dealkylation sites (tertiary alicyclic amines) is 1. The quantitative estimate of drug-likeness (QED) is 0.690. The van der Waals surface area contributed by atoms with Gasteiger partial charge in [0.25, 0.3) is 5.91 Å². The second-order valence-electron chi connectivity index (χ2n) is 8.80. The van der Waals surface area contributed by atoms with E-state index in [0.29, 0.717) is 17.9 Å². The van der Waals surface area contributed by atoms with Crippen molar-refractivity contribution in [2.75, 3.05) is 32.8 Å². The summed E-state index contributed by atoms with van der Waals surface area (Å²) in [5.74, 6) is 2.44. The van der Waals surface area contributed by atoms with Crippen LogP contribution < -0.4 is 0 Å². The summed E-state index contributed by atoms with van der Waals surface area (Å²) >= 11 is 0. The third kappa shape index (κ3) is 3.88. The van der Waals surface area contributed by atoms with E-state index < -0.39 is 0 Å². The third-order valence-corrected chi connectivity index (χ3v) is 6.63. The number of nitrogens with one attached hydrogen (secondary N) is 1. The fraction of sp³-hybridized carbons (Fsp3) is 0.500. The minimum absolute atomic E-state index is 0.0301. The summed E-state index contributed by atoms with van der Waals surface area (Å²) in [5, 5.41) is 0. The minimum atomic E-state index is -0.0301. The minimum Gasteiger partial charge on any atom is -0.464 e. The van der Waals surface area contributed by atoms with Gasteiger partial charge in [0.1, 0.15) is 17.3 Å². The number of benzene rings is 1. The molecule has 164 valence electrons. The highest BCUT2D eigenvalue weighted by atomic mass is 16.5. The van der Waals surface area contributed by atoms with Crippen LogP contribution in [0.4, 0.5) is 0 Å². The number of nitrogens with zero attached hydrogens (tertiary/aromatic N) is 3. The van der Waals surface area contributed by atoms with Crippen LogP contribution in [0, 0.1) is 20.8 Å². The lowest BCUT2D eigenvalue weighted by Crippen LogP contribution is -2.35. The molecular weight excluding hydrogens is 392 g/mol. The zero-order chi connectivity index (χ0) is 21.5. The molecule has 0 aliphatic carbocycles. The molecule has 1 unspecified atom stereocenters. The molecule has 1 amide bonds. The number of amides is 1. The Morgan fingerprint density at radius 3 is 2.71 bits per heavy atom. The van der Waals surface area contributed by atoms with Gasteiger partial charge in [0.2, 0.25) is 0 Å². The maximum atomic E-state index is 13.5. The van der Waals surface area contributed by atoms with E-state index in [1.54, 1.807) is 0 Å². The van der Waals surface area contributed by atoms with Gasteiger partial charge in [-0.3, -0.25) is 9.69 Å². The van der Waals surface area contributed by atoms with E-state index in [2.05, 4.69) is 35.9 Å². The number of fused-ring (bicyclic) bond motifs is 1. The Labute approximate surface area is 182 Å². The molecule has 1 N–H and O–H groups in total. The maximum Gasteiger partial charge on any atom is 0.258 e. The molecule has 0 spiro atoms. The molecule has 2 fully saturated rings. The van der Waals surface area contributed by atoms with Gasteiger partial charge < -0.3 is 19.0 Å². The summed E-state index contributed by atoms with van der Waals surface area (Å²) in [4.78, 5) is 26.0. The van der Waals surface area contributed by atoms with Crippen LogP contribution in [0.15, 0.2) is 22.6 Å². The van der Waals surface area contributed by atoms with Crippen molar-refractivity contribution in [3.63, 3.8) is 0 Å². The highest BCUT2D eigenvalue weighted by molar-refractivity contribution is 5.95. The van der Waals surface area contributed by atoms with E-state index in [4.69, 9.17) is 14.1 Å². The second kappa shape index (κ2) is 8.13. The number of carbonyl (C=O) groups excluding carboxylic acids is 1. The number of hydrogen-bond acceptors (Lipinski definition) is 5. The highest BCUT2D eigenvalue weighted by Crippen LogP contribution is 2.34. The molecule has 7 heteroatoms. The Morgan fingerprint density at radius 1 is 1.13 bits per heavy atom. The molecule has 4 heterocycles. The van der Waals surface area contributed by atoms with Crippen LogP contribution >= 0.6 is 0 Å². The first-order valence-electron chi connectivity index (χ1n) is 11.2. The van der Waals surface area contributed by atoms with E-state index in [1.807, 2.05) is 17.9 Å². The van der Waals surface area contributed by atoms with Gasteiger partial charge in [-0.25, -0.2) is 4.98 Å². The fourth-order valence-electron chi connectivity index (χ4n) is 4.71. The van der Waals surface area contributed by atoms with E-state index in [9.17, 15) is 4.79 Å². The largest absolute Gasteiger partial charge is 0.464 e. The molecule has 2 aliphatic heterocycles. The lowest BCUT2D eigenvalue weighted by atomic mass is 10.1. The number of rotatable bonds is 4. The van der Waals surface area contributed by atoms with E-state index in [0.717, 1.165) is 68.3 Å². The van der Waals surface area contributed by atoms with Crippen molar-refractivity contribution >= 4 is 16.9 Å². The van der Waals surface area contributed by atoms with Crippen molar-refractivity contribution in [1.29, 1.82) is 0 Å². The summed E-state index contributed by atoms with van der Waals surface area (Å²) in [6.45, 7) is 10.8. The topological polar surface area (TPSA) is 74.6 Å². The van der Waals surface area contributed by atoms with E-state index in [1.165, 1.54) is 11.1 Å². The van der Waals surface area contributed by atoms with Gasteiger partial charge in [0.15, 0.2) is 0 Å². The molecule has 2 saturated heterocycles. The van der Waals surface area contributed by atoms with Crippen LogP contribution in [0.1, 0.15) is 57.7 Å². The van der Waals surface area contributed by atoms with Crippen molar-refractivity contribution in [2.45, 2.75) is 46.2 Å². The molecule has 0 saturated carbocycles. The summed E-state index contributed by atoms with van der Waals surface area (Å²) < 4.78 is 11.4. The molecule has 7 nitrogen and oxygen atoms in total. The number of aromatic amines is 1. The van der Waals surface area contributed by atoms with Gasteiger partial charge in [-0.15, -0.1) is 0 Å². The summed E-state index contributed by atoms with van der Waals surface area (Å²) in [5.41, 5.74) is 5.13. The fourth-order valence-corrected chi connectivity index (χ4v) is 4.71. The zero-order valence-electron chi connectivity index (χ0n) is 18.5. The van der Waals surface area contributed by atoms with E-state index in [-0.39, 0.29) is 11.9 Å². The van der Waals surface area contributed by atoms with Crippen LogP contribution in [-0.2, 0) is 11.3 Å². The van der Waals surface area contributed by atoms with Gasteiger partial charge in [-0.05, 0) is 62.9 Å². The Balaban J connectivity index is 1.37. The summed E-state index contributed by atoms with van der Waals surface area (Å²) in [7, 11) is 0. The van der Waals surface area contributed by atoms with Gasteiger partial charge in [0.05, 0.1) is 42.4 Å². The summed E-state index contributed by atoms with van der Waals surface area (Å²) in [6, 6.07) is 6.15. The predicted molar refractivity (Wildman–Crippen MR) is 118 cm³/mol. The lowest BCUT2D eigenvalue weighted by Gasteiger charge is -2.25. The smallest absolute Gasteiger partial charge is 0.258 e. The SMILES string of the molecule is Cc1cc2nc(C3CCCN3C(=O)c3cc(CN4CCOCC4)oc3C)[nH]c2cc1C. The highest BCUT2D eigenvalue weighted by Gasteiger charge is 2.34. The average molecular weight is 423 g/mol.